The van der Waals surface area contributed by atoms with Crippen molar-refractivity contribution in [3.05, 3.63) is 136 Å². The zero-order valence-electron chi connectivity index (χ0n) is 42.8. The van der Waals surface area contributed by atoms with Crippen molar-refractivity contribution >= 4 is 99.9 Å². The van der Waals surface area contributed by atoms with Crippen LogP contribution in [0.3, 0.4) is 0 Å². The molecule has 0 N–H and O–H groups in total. The molecule has 5 heteroatoms. The molecule has 0 saturated heterocycles. The van der Waals surface area contributed by atoms with E-state index in [0.29, 0.717) is 0 Å². The van der Waals surface area contributed by atoms with Crippen LogP contribution in [0.5, 0.6) is 0 Å². The first-order valence-electron chi connectivity index (χ1n) is 25.7. The van der Waals surface area contributed by atoms with Crippen LogP contribution in [0.4, 0.5) is 34.1 Å². The second-order valence-corrected chi connectivity index (χ2v) is 26.9. The number of aryl methyl sites for hydroxylation is 1. The number of thiophene rings is 1. The van der Waals surface area contributed by atoms with Gasteiger partial charge in [-0.3, -0.25) is 0 Å². The van der Waals surface area contributed by atoms with E-state index in [4.69, 9.17) is 4.42 Å². The molecule has 13 rings (SSSR count). The van der Waals surface area contributed by atoms with Crippen molar-refractivity contribution in [3.63, 3.8) is 0 Å². The van der Waals surface area contributed by atoms with Crippen molar-refractivity contribution < 1.29 is 4.42 Å². The van der Waals surface area contributed by atoms with Gasteiger partial charge in [-0.2, -0.15) is 0 Å². The Kier molecular flexibility index (Phi) is 8.52. The van der Waals surface area contributed by atoms with Crippen molar-refractivity contribution in [2.75, 3.05) is 9.80 Å². The first-order valence-corrected chi connectivity index (χ1v) is 26.5. The lowest BCUT2D eigenvalue weighted by Crippen LogP contribution is -2.61. The Morgan fingerprint density at radius 3 is 1.68 bits per heavy atom. The van der Waals surface area contributed by atoms with Gasteiger partial charge in [0.05, 0.1) is 11.4 Å². The van der Waals surface area contributed by atoms with Gasteiger partial charge in [0.1, 0.15) is 5.58 Å². The SMILES string of the molecule is Cc1cc2c3c(c1)N(c1cccc4c1oc1ccccc14)c1cc4c(cc1B3c1sc3cc5c(cc3c1N2c1ccc2c(c1)C(C)(C)CCC2(C)C)C(C)(C)CCC5(C)C)C(C)(C)CCC4(C)C. The van der Waals surface area contributed by atoms with E-state index in [1.54, 1.807) is 0 Å². The molecule has 2 aliphatic heterocycles. The third-order valence-electron chi connectivity index (χ3n) is 18.5. The number of fused-ring (bicyclic) bond motifs is 12. The summed E-state index contributed by atoms with van der Waals surface area (Å²) in [5.74, 6) is 0. The summed E-state index contributed by atoms with van der Waals surface area (Å²) < 4.78 is 9.86. The molecule has 3 nitrogen and oxygen atoms in total. The van der Waals surface area contributed by atoms with E-state index in [9.17, 15) is 0 Å². The lowest BCUT2D eigenvalue weighted by Gasteiger charge is -2.47. The highest BCUT2D eigenvalue weighted by molar-refractivity contribution is 7.33. The number of para-hydroxylation sites is 2. The summed E-state index contributed by atoms with van der Waals surface area (Å²) in [4.78, 5) is 5.36. The summed E-state index contributed by atoms with van der Waals surface area (Å²) in [7, 11) is 0. The third kappa shape index (κ3) is 5.78. The molecule has 6 aromatic carbocycles. The Balaban J connectivity index is 1.18. The smallest absolute Gasteiger partial charge is 0.264 e. The zero-order valence-corrected chi connectivity index (χ0v) is 43.6. The van der Waals surface area contributed by atoms with Gasteiger partial charge < -0.3 is 14.2 Å². The summed E-state index contributed by atoms with van der Waals surface area (Å²) >= 11 is 2.07. The molecule has 344 valence electrons. The summed E-state index contributed by atoms with van der Waals surface area (Å²) in [6.07, 6.45) is 7.10. The maximum Gasteiger partial charge on any atom is 0.264 e. The fraction of sp³-hybridized carbons (Fsp3) is 0.397. The maximum absolute atomic E-state index is 6.99. The van der Waals surface area contributed by atoms with Crippen molar-refractivity contribution in [1.82, 2.24) is 0 Å². The predicted molar refractivity (Wildman–Crippen MR) is 294 cm³/mol. The standard InChI is InChI=1S/C63H67BN2OS/c1-36-29-50-54-51(30-36)66(48-19-16-18-39-38-17-14-15-20-52(38)67-56(39)48)49-34-45-44(61(8,9)26-27-62(45,10)11)33-47(49)64(54)57-55(40-32-43-46(35-53(40)68-57)63(12,13)28-25-60(43,6)7)65(50)37-21-22-41-42(31-37)59(4,5)24-23-58(41,2)3/h14-22,29-35H,23-28H2,1-13H3. The molecule has 0 bridgehead atoms. The van der Waals surface area contributed by atoms with E-state index in [-0.39, 0.29) is 39.2 Å². The largest absolute Gasteiger partial charge is 0.454 e. The fourth-order valence-electron chi connectivity index (χ4n) is 13.9. The Morgan fingerprint density at radius 2 is 1.01 bits per heavy atom. The van der Waals surface area contributed by atoms with Gasteiger partial charge in [-0.05, 0) is 182 Å². The van der Waals surface area contributed by atoms with Crippen molar-refractivity contribution in [1.29, 1.82) is 0 Å². The van der Waals surface area contributed by atoms with Crippen molar-refractivity contribution in [2.24, 2.45) is 0 Å². The second-order valence-electron chi connectivity index (χ2n) is 25.8. The quantitative estimate of drug-likeness (QED) is 0.161. The minimum Gasteiger partial charge on any atom is -0.454 e. The van der Waals surface area contributed by atoms with Crippen LogP contribution in [0.25, 0.3) is 32.0 Å². The van der Waals surface area contributed by atoms with Gasteiger partial charge in [0.2, 0.25) is 0 Å². The molecule has 3 aliphatic carbocycles. The van der Waals surface area contributed by atoms with Crippen LogP contribution in [-0.2, 0) is 32.5 Å². The van der Waals surface area contributed by atoms with Crippen LogP contribution in [0, 0.1) is 6.92 Å². The van der Waals surface area contributed by atoms with Crippen molar-refractivity contribution in [2.45, 2.75) is 161 Å². The molecular formula is C63H67BN2OS. The molecule has 0 amide bonds. The molecule has 2 aromatic heterocycles. The minimum atomic E-state index is 0.0363. The monoisotopic (exact) mass is 911 g/mol. The molecule has 0 spiro atoms. The highest BCUT2D eigenvalue weighted by atomic mass is 32.1. The molecule has 0 unspecified atom stereocenters. The number of hydrogen-bond acceptors (Lipinski definition) is 4. The number of hydrogen-bond donors (Lipinski definition) is 0. The van der Waals surface area contributed by atoms with E-state index >= 15 is 0 Å². The highest BCUT2D eigenvalue weighted by Gasteiger charge is 2.49. The fourth-order valence-corrected chi connectivity index (χ4v) is 15.2. The number of furan rings is 1. The van der Waals surface area contributed by atoms with Gasteiger partial charge in [0, 0.05) is 48.4 Å². The van der Waals surface area contributed by atoms with Gasteiger partial charge in [0.25, 0.3) is 6.71 Å². The first-order chi connectivity index (χ1) is 32.1. The molecule has 0 atom stereocenters. The van der Waals surface area contributed by atoms with Crippen LogP contribution in [0.15, 0.2) is 101 Å². The summed E-state index contributed by atoms with van der Waals surface area (Å²) in [5.41, 5.74) is 23.0. The number of rotatable bonds is 2. The van der Waals surface area contributed by atoms with Crippen molar-refractivity contribution in [3.8, 4) is 0 Å². The number of nitrogens with zero attached hydrogens (tertiary/aromatic N) is 2. The van der Waals surface area contributed by atoms with Crippen LogP contribution >= 0.6 is 11.3 Å². The lowest BCUT2D eigenvalue weighted by molar-refractivity contribution is 0.332. The second kappa shape index (κ2) is 13.5. The van der Waals surface area contributed by atoms with E-state index in [2.05, 4.69) is 208 Å². The van der Waals surface area contributed by atoms with E-state index in [1.165, 1.54) is 125 Å². The van der Waals surface area contributed by atoms with E-state index in [0.717, 1.165) is 34.0 Å². The molecule has 68 heavy (non-hydrogen) atoms. The van der Waals surface area contributed by atoms with Crippen LogP contribution in [0.2, 0.25) is 0 Å². The van der Waals surface area contributed by atoms with E-state index in [1.807, 2.05) is 0 Å². The Bertz CT molecular complexity index is 3520. The maximum atomic E-state index is 6.99. The van der Waals surface area contributed by atoms with Gasteiger partial charge in [-0.15, -0.1) is 11.3 Å². The summed E-state index contributed by atoms with van der Waals surface area (Å²) in [6.45, 7) is 32.1. The first kappa shape index (κ1) is 42.8. The van der Waals surface area contributed by atoms with Crippen LogP contribution in [0.1, 0.15) is 161 Å². The molecule has 5 aliphatic rings. The van der Waals surface area contributed by atoms with Gasteiger partial charge in [-0.1, -0.05) is 126 Å². The molecule has 8 aromatic rings. The van der Waals surface area contributed by atoms with Crippen LogP contribution in [-0.4, -0.2) is 6.71 Å². The minimum absolute atomic E-state index is 0.0363. The Labute approximate surface area is 409 Å². The molecular weight excluding hydrogens is 844 g/mol. The normalized spacial score (nSPS) is 20.7. The molecule has 0 saturated carbocycles. The number of benzene rings is 6. The average Bonchev–Trinajstić information content (AvgIpc) is 3.86. The van der Waals surface area contributed by atoms with Crippen LogP contribution < -0.4 is 25.5 Å². The molecule has 4 heterocycles. The number of anilines is 6. The average molecular weight is 911 g/mol. The topological polar surface area (TPSA) is 19.6 Å². The lowest BCUT2D eigenvalue weighted by atomic mass is 9.35. The highest BCUT2D eigenvalue weighted by Crippen LogP contribution is 2.56. The summed E-state index contributed by atoms with van der Waals surface area (Å²) in [6, 6.07) is 38.6. The van der Waals surface area contributed by atoms with Gasteiger partial charge in [-0.25, -0.2) is 0 Å². The Morgan fingerprint density at radius 1 is 0.471 bits per heavy atom. The Hall–Kier alpha value is -5.26. The molecule has 0 fully saturated rings. The zero-order chi connectivity index (χ0) is 47.4. The summed E-state index contributed by atoms with van der Waals surface area (Å²) in [5, 5.41) is 3.72. The third-order valence-corrected chi connectivity index (χ3v) is 19.7. The van der Waals surface area contributed by atoms with Gasteiger partial charge in [0.15, 0.2) is 5.58 Å². The van der Waals surface area contributed by atoms with E-state index < -0.39 is 0 Å². The van der Waals surface area contributed by atoms with Gasteiger partial charge >= 0.3 is 0 Å². The molecule has 0 radical (unpaired) electrons. The predicted octanol–water partition coefficient (Wildman–Crippen LogP) is 16.2.